The number of anilines is 2. The lowest BCUT2D eigenvalue weighted by Crippen LogP contribution is -2.46. The van der Waals surface area contributed by atoms with E-state index in [1.165, 1.54) is 4.90 Å². The largest absolute Gasteiger partial charge is 0.325 e. The first kappa shape index (κ1) is 24.1. The van der Waals surface area contributed by atoms with Crippen LogP contribution in [0.25, 0.3) is 0 Å². The first-order valence-electron chi connectivity index (χ1n) is 11.7. The summed E-state index contributed by atoms with van der Waals surface area (Å²) in [6, 6.07) is 19.7. The van der Waals surface area contributed by atoms with Gasteiger partial charge in [0, 0.05) is 30.4 Å². The molecule has 5 rings (SSSR count). The van der Waals surface area contributed by atoms with E-state index in [1.807, 2.05) is 0 Å². The molecule has 1 saturated heterocycles. The topological polar surface area (TPSA) is 102 Å². The molecule has 3 atom stereocenters. The van der Waals surface area contributed by atoms with Gasteiger partial charge in [-0.15, -0.1) is 0 Å². The summed E-state index contributed by atoms with van der Waals surface area (Å²) in [4.78, 5) is 41.6. The number of para-hydroxylation sites is 1. The van der Waals surface area contributed by atoms with Crippen molar-refractivity contribution in [3.8, 4) is 6.07 Å². The summed E-state index contributed by atoms with van der Waals surface area (Å²) < 4.78 is 27.4. The molecule has 1 unspecified atom stereocenters. The number of hydrogen-bond donors (Lipinski definition) is 2. The number of nitrogens with one attached hydrogen (secondary N) is 2. The number of halogens is 2. The van der Waals surface area contributed by atoms with Gasteiger partial charge in [-0.2, -0.15) is 5.26 Å². The van der Waals surface area contributed by atoms with Gasteiger partial charge >= 0.3 is 0 Å². The van der Waals surface area contributed by atoms with Crippen molar-refractivity contribution >= 4 is 29.1 Å². The summed E-state index contributed by atoms with van der Waals surface area (Å²) in [6.07, 6.45) is 0.0839. The SMILES string of the molecule is N#C[C@@H]1C[C@@]2(CN1C(=O)C(Cc1ccccc1)C(=O)Nc1cc(F)cc(F)c1)C(=O)Nc1ccccc12. The van der Waals surface area contributed by atoms with Crippen LogP contribution in [0.3, 0.4) is 0 Å². The Hall–Kier alpha value is -4.58. The van der Waals surface area contributed by atoms with Crippen LogP contribution >= 0.6 is 0 Å². The molecule has 0 aromatic heterocycles. The van der Waals surface area contributed by atoms with Crippen LogP contribution in [0.15, 0.2) is 72.8 Å². The Kier molecular flexibility index (Phi) is 6.17. The van der Waals surface area contributed by atoms with E-state index in [-0.39, 0.29) is 31.0 Å². The number of fused-ring (bicyclic) bond motifs is 2. The number of benzene rings is 3. The number of amides is 3. The molecule has 0 bridgehead atoms. The number of carbonyl (C=O) groups excluding carboxylic acids is 3. The molecule has 2 aliphatic heterocycles. The molecule has 2 heterocycles. The van der Waals surface area contributed by atoms with Gasteiger partial charge < -0.3 is 15.5 Å². The molecule has 186 valence electrons. The summed E-state index contributed by atoms with van der Waals surface area (Å²) in [7, 11) is 0. The van der Waals surface area contributed by atoms with E-state index in [9.17, 15) is 28.4 Å². The molecule has 1 spiro atoms. The Morgan fingerprint density at radius 3 is 2.46 bits per heavy atom. The number of carbonyl (C=O) groups is 3. The van der Waals surface area contributed by atoms with Crippen LogP contribution in [-0.2, 0) is 26.2 Å². The third kappa shape index (κ3) is 4.42. The van der Waals surface area contributed by atoms with Crippen molar-refractivity contribution in [3.05, 3.63) is 95.6 Å². The average Bonchev–Trinajstić information content (AvgIpc) is 3.40. The maximum Gasteiger partial charge on any atom is 0.237 e. The summed E-state index contributed by atoms with van der Waals surface area (Å²) in [6.45, 7) is -0.0694. The minimum atomic E-state index is -1.31. The van der Waals surface area contributed by atoms with Crippen molar-refractivity contribution in [2.75, 3.05) is 17.2 Å². The van der Waals surface area contributed by atoms with Crippen molar-refractivity contribution in [2.45, 2.75) is 24.3 Å². The maximum absolute atomic E-state index is 13.9. The van der Waals surface area contributed by atoms with Crippen molar-refractivity contribution in [3.63, 3.8) is 0 Å². The van der Waals surface area contributed by atoms with Crippen LogP contribution in [-0.4, -0.2) is 35.2 Å². The molecule has 1 fully saturated rings. The molecule has 37 heavy (non-hydrogen) atoms. The highest BCUT2D eigenvalue weighted by Crippen LogP contribution is 2.46. The highest BCUT2D eigenvalue weighted by atomic mass is 19.1. The Bertz CT molecular complexity index is 1420. The van der Waals surface area contributed by atoms with Crippen molar-refractivity contribution < 1.29 is 23.2 Å². The highest BCUT2D eigenvalue weighted by molar-refractivity contribution is 6.09. The molecule has 0 saturated carbocycles. The molecular formula is C28H22F2N4O3. The van der Waals surface area contributed by atoms with Crippen LogP contribution < -0.4 is 10.6 Å². The van der Waals surface area contributed by atoms with Crippen LogP contribution in [0.4, 0.5) is 20.2 Å². The standard InChI is InChI=1S/C28H22F2N4O3/c29-18-11-19(30)13-20(12-18)32-25(35)22(10-17-6-2-1-3-7-17)26(36)34-16-28(14-21(34)15-31)23-8-4-5-9-24(23)33-27(28)37/h1-9,11-13,21-22H,10,14,16H2,(H,32,35)(H,33,37)/t21-,22?,28-/m0/s1. The van der Waals surface area contributed by atoms with Crippen LogP contribution in [0.5, 0.6) is 0 Å². The van der Waals surface area contributed by atoms with Gasteiger partial charge in [0.2, 0.25) is 17.7 Å². The number of hydrogen-bond acceptors (Lipinski definition) is 4. The molecule has 3 aromatic rings. The van der Waals surface area contributed by atoms with Gasteiger partial charge in [-0.25, -0.2) is 8.78 Å². The predicted octanol–water partition coefficient (Wildman–Crippen LogP) is 3.78. The van der Waals surface area contributed by atoms with Crippen molar-refractivity contribution in [1.29, 1.82) is 5.26 Å². The predicted molar refractivity (Wildman–Crippen MR) is 131 cm³/mol. The fourth-order valence-corrected chi connectivity index (χ4v) is 5.18. The van der Waals surface area contributed by atoms with Crippen LogP contribution in [0.1, 0.15) is 17.5 Å². The van der Waals surface area contributed by atoms with Crippen LogP contribution in [0, 0.1) is 28.9 Å². The van der Waals surface area contributed by atoms with E-state index in [1.54, 1.807) is 54.6 Å². The van der Waals surface area contributed by atoms with E-state index >= 15 is 0 Å². The zero-order valence-electron chi connectivity index (χ0n) is 19.6. The number of nitrogens with zero attached hydrogens (tertiary/aromatic N) is 2. The van der Waals surface area contributed by atoms with Crippen LogP contribution in [0.2, 0.25) is 0 Å². The second-order valence-corrected chi connectivity index (χ2v) is 9.29. The summed E-state index contributed by atoms with van der Waals surface area (Å²) >= 11 is 0. The second-order valence-electron chi connectivity index (χ2n) is 9.29. The molecule has 3 aromatic carbocycles. The fraction of sp³-hybridized carbons (Fsp3) is 0.214. The molecule has 0 radical (unpaired) electrons. The molecule has 3 amide bonds. The average molecular weight is 501 g/mol. The Labute approximate surface area is 211 Å². The smallest absolute Gasteiger partial charge is 0.237 e. The molecule has 0 aliphatic carbocycles. The summed E-state index contributed by atoms with van der Waals surface area (Å²) in [5.41, 5.74) is 0.784. The van der Waals surface area contributed by atoms with E-state index < -0.39 is 40.8 Å². The number of nitriles is 1. The molecule has 9 heteroatoms. The zero-order valence-corrected chi connectivity index (χ0v) is 19.6. The molecule has 2 N–H and O–H groups in total. The number of likely N-dealkylation sites (tertiary alicyclic amines) is 1. The van der Waals surface area contributed by atoms with Crippen molar-refractivity contribution in [1.82, 2.24) is 4.90 Å². The van der Waals surface area contributed by atoms with Crippen molar-refractivity contribution in [2.24, 2.45) is 5.92 Å². The summed E-state index contributed by atoms with van der Waals surface area (Å²) in [5, 5.41) is 15.2. The molecular weight excluding hydrogens is 478 g/mol. The third-order valence-electron chi connectivity index (χ3n) is 6.94. The van der Waals surface area contributed by atoms with Gasteiger partial charge in [-0.1, -0.05) is 48.5 Å². The minimum absolute atomic E-state index is 0.00621. The quantitative estimate of drug-likeness (QED) is 0.521. The normalized spacial score (nSPS) is 20.7. The maximum atomic E-state index is 13.9. The zero-order chi connectivity index (χ0) is 26.2. The highest BCUT2D eigenvalue weighted by Gasteiger charge is 2.56. The van der Waals surface area contributed by atoms with Gasteiger partial charge in [0.1, 0.15) is 23.6 Å². The number of rotatable bonds is 5. The van der Waals surface area contributed by atoms with Gasteiger partial charge in [0.05, 0.1) is 11.5 Å². The Morgan fingerprint density at radius 2 is 1.76 bits per heavy atom. The third-order valence-corrected chi connectivity index (χ3v) is 6.94. The van der Waals surface area contributed by atoms with Gasteiger partial charge in [-0.3, -0.25) is 14.4 Å². The lowest BCUT2D eigenvalue weighted by molar-refractivity contribution is -0.140. The second kappa shape index (κ2) is 9.47. The van der Waals surface area contributed by atoms with E-state index in [2.05, 4.69) is 16.7 Å². The van der Waals surface area contributed by atoms with Gasteiger partial charge in [0.25, 0.3) is 0 Å². The first-order valence-corrected chi connectivity index (χ1v) is 11.7. The minimum Gasteiger partial charge on any atom is -0.325 e. The lowest BCUT2D eigenvalue weighted by atomic mass is 9.80. The van der Waals surface area contributed by atoms with Gasteiger partial charge in [0.15, 0.2) is 0 Å². The lowest BCUT2D eigenvalue weighted by Gasteiger charge is -2.26. The molecule has 7 nitrogen and oxygen atoms in total. The first-order chi connectivity index (χ1) is 17.8. The Morgan fingerprint density at radius 1 is 1.08 bits per heavy atom. The van der Waals surface area contributed by atoms with E-state index in [0.29, 0.717) is 22.9 Å². The van der Waals surface area contributed by atoms with E-state index in [0.717, 1.165) is 12.1 Å². The monoisotopic (exact) mass is 500 g/mol. The summed E-state index contributed by atoms with van der Waals surface area (Å²) in [5.74, 6) is -4.77. The van der Waals surface area contributed by atoms with Gasteiger partial charge in [-0.05, 0) is 35.7 Å². The Balaban J connectivity index is 1.47. The van der Waals surface area contributed by atoms with E-state index in [4.69, 9.17) is 0 Å². The molecule has 2 aliphatic rings. The fourth-order valence-electron chi connectivity index (χ4n) is 5.18.